The summed E-state index contributed by atoms with van der Waals surface area (Å²) in [7, 11) is 0. The smallest absolute Gasteiger partial charge is 0.198 e. The maximum Gasteiger partial charge on any atom is 0.198 e. The van der Waals surface area contributed by atoms with E-state index in [0.29, 0.717) is 11.8 Å². The van der Waals surface area contributed by atoms with Crippen molar-refractivity contribution in [1.29, 1.82) is 0 Å². The van der Waals surface area contributed by atoms with Gasteiger partial charge in [0, 0.05) is 18.2 Å². The third kappa shape index (κ3) is 1.56. The van der Waals surface area contributed by atoms with Gasteiger partial charge in [0.25, 0.3) is 0 Å². The number of nitrogens with one attached hydrogen (secondary N) is 1. The van der Waals surface area contributed by atoms with Crippen molar-refractivity contribution in [1.82, 2.24) is 15.0 Å². The largest absolute Gasteiger partial charge is 0.441 e. The molecule has 0 atom stereocenters. The Morgan fingerprint density at radius 1 is 1.24 bits per heavy atom. The van der Waals surface area contributed by atoms with E-state index < -0.39 is 0 Å². The van der Waals surface area contributed by atoms with E-state index in [2.05, 4.69) is 15.0 Å². The highest BCUT2D eigenvalue weighted by Gasteiger charge is 2.09. The summed E-state index contributed by atoms with van der Waals surface area (Å²) in [6.45, 7) is 3.77. The minimum atomic E-state index is 0.425. The molecule has 2 heterocycles. The zero-order valence-electron chi connectivity index (χ0n) is 9.61. The second-order valence-electron chi connectivity index (χ2n) is 4.01. The van der Waals surface area contributed by atoms with E-state index in [1.54, 1.807) is 0 Å². The Kier molecular flexibility index (Phi) is 1.95. The fraction of sp³-hybridized carbons (Fsp3) is 0.167. The van der Waals surface area contributed by atoms with E-state index in [1.807, 2.05) is 32.0 Å². The summed E-state index contributed by atoms with van der Waals surface area (Å²) in [4.78, 5) is 11.5. The topological polar surface area (TPSA) is 80.7 Å². The van der Waals surface area contributed by atoms with Crippen LogP contribution in [0.3, 0.4) is 0 Å². The van der Waals surface area contributed by atoms with Crippen LogP contribution in [-0.4, -0.2) is 15.0 Å². The number of aromatic amines is 1. The molecule has 3 N–H and O–H groups in total. The quantitative estimate of drug-likeness (QED) is 0.670. The maximum atomic E-state index is 5.63. The highest BCUT2D eigenvalue weighted by molar-refractivity contribution is 5.80. The second-order valence-corrected chi connectivity index (χ2v) is 4.01. The maximum absolute atomic E-state index is 5.63. The number of aryl methyl sites for hydroxylation is 2. The average Bonchev–Trinajstić information content (AvgIpc) is 2.78. The Hall–Kier alpha value is -2.30. The lowest BCUT2D eigenvalue weighted by atomic mass is 10.1. The zero-order chi connectivity index (χ0) is 12.0. The van der Waals surface area contributed by atoms with Crippen LogP contribution in [0.4, 0.5) is 5.95 Å². The van der Waals surface area contributed by atoms with Crippen LogP contribution in [0.25, 0.3) is 22.4 Å². The first kappa shape index (κ1) is 9.89. The molecular formula is C12H12N4O. The molecule has 86 valence electrons. The number of aromatic nitrogens is 3. The standard InChI is InChI=1S/C12H12N4O/c1-6-11(16-12(13)14-6)8-3-4-10-9(5-8)15-7(2)17-10/h3-5H,1-2H3,(H3,13,14,16). The van der Waals surface area contributed by atoms with E-state index in [4.69, 9.17) is 10.2 Å². The van der Waals surface area contributed by atoms with E-state index in [-0.39, 0.29) is 0 Å². The number of nitrogen functional groups attached to an aromatic ring is 1. The van der Waals surface area contributed by atoms with Gasteiger partial charge in [0.05, 0.1) is 5.69 Å². The van der Waals surface area contributed by atoms with Crippen LogP contribution in [0.2, 0.25) is 0 Å². The molecule has 5 nitrogen and oxygen atoms in total. The number of oxazole rings is 1. The van der Waals surface area contributed by atoms with Crippen molar-refractivity contribution in [3.63, 3.8) is 0 Å². The van der Waals surface area contributed by atoms with Crippen LogP contribution >= 0.6 is 0 Å². The molecule has 0 aliphatic rings. The summed E-state index contributed by atoms with van der Waals surface area (Å²) in [6, 6.07) is 5.80. The molecule has 3 rings (SSSR count). The normalized spacial score (nSPS) is 11.2. The van der Waals surface area contributed by atoms with Crippen molar-refractivity contribution in [3.05, 3.63) is 29.8 Å². The SMILES string of the molecule is Cc1nc2cc(-c3nc(N)[nH]c3C)ccc2o1. The number of rotatable bonds is 1. The molecule has 5 heteroatoms. The highest BCUT2D eigenvalue weighted by Crippen LogP contribution is 2.26. The van der Waals surface area contributed by atoms with Gasteiger partial charge in [-0.05, 0) is 25.1 Å². The molecule has 0 bridgehead atoms. The molecule has 3 aromatic rings. The third-order valence-corrected chi connectivity index (χ3v) is 2.67. The minimum absolute atomic E-state index is 0.425. The highest BCUT2D eigenvalue weighted by atomic mass is 16.3. The molecule has 0 radical (unpaired) electrons. The van der Waals surface area contributed by atoms with Crippen LogP contribution in [0.15, 0.2) is 22.6 Å². The van der Waals surface area contributed by atoms with Crippen molar-refractivity contribution in [2.75, 3.05) is 5.73 Å². The van der Waals surface area contributed by atoms with E-state index >= 15 is 0 Å². The van der Waals surface area contributed by atoms with Gasteiger partial charge in [-0.15, -0.1) is 0 Å². The van der Waals surface area contributed by atoms with Gasteiger partial charge in [-0.1, -0.05) is 0 Å². The number of hydrogen-bond donors (Lipinski definition) is 2. The predicted molar refractivity (Wildman–Crippen MR) is 65.5 cm³/mol. The fourth-order valence-electron chi connectivity index (χ4n) is 1.95. The van der Waals surface area contributed by atoms with Gasteiger partial charge in [0.2, 0.25) is 0 Å². The van der Waals surface area contributed by atoms with E-state index in [1.165, 1.54) is 0 Å². The fourth-order valence-corrected chi connectivity index (χ4v) is 1.95. The molecule has 17 heavy (non-hydrogen) atoms. The summed E-state index contributed by atoms with van der Waals surface area (Å²) in [5.41, 5.74) is 10.0. The van der Waals surface area contributed by atoms with Crippen molar-refractivity contribution >= 4 is 17.0 Å². The number of benzene rings is 1. The summed E-state index contributed by atoms with van der Waals surface area (Å²) >= 11 is 0. The van der Waals surface area contributed by atoms with Crippen molar-refractivity contribution < 1.29 is 4.42 Å². The number of anilines is 1. The van der Waals surface area contributed by atoms with Crippen molar-refractivity contribution in [2.45, 2.75) is 13.8 Å². The molecule has 0 aliphatic heterocycles. The van der Waals surface area contributed by atoms with Crippen LogP contribution in [-0.2, 0) is 0 Å². The molecular weight excluding hydrogens is 216 g/mol. The minimum Gasteiger partial charge on any atom is -0.441 e. The number of fused-ring (bicyclic) bond motifs is 1. The molecule has 0 unspecified atom stereocenters. The number of H-pyrrole nitrogens is 1. The van der Waals surface area contributed by atoms with Crippen LogP contribution in [0.1, 0.15) is 11.6 Å². The first-order valence-corrected chi connectivity index (χ1v) is 5.33. The van der Waals surface area contributed by atoms with Gasteiger partial charge >= 0.3 is 0 Å². The Morgan fingerprint density at radius 3 is 2.76 bits per heavy atom. The van der Waals surface area contributed by atoms with Gasteiger partial charge in [-0.25, -0.2) is 9.97 Å². The number of hydrogen-bond acceptors (Lipinski definition) is 4. The Morgan fingerprint density at radius 2 is 2.06 bits per heavy atom. The van der Waals surface area contributed by atoms with Gasteiger partial charge in [0.15, 0.2) is 17.4 Å². The van der Waals surface area contributed by atoms with Gasteiger partial charge < -0.3 is 15.1 Å². The van der Waals surface area contributed by atoms with Crippen LogP contribution in [0.5, 0.6) is 0 Å². The zero-order valence-corrected chi connectivity index (χ0v) is 9.61. The van der Waals surface area contributed by atoms with Crippen molar-refractivity contribution in [2.24, 2.45) is 0 Å². The summed E-state index contributed by atoms with van der Waals surface area (Å²) in [6.07, 6.45) is 0. The number of nitrogens with two attached hydrogens (primary N) is 1. The molecule has 0 saturated heterocycles. The molecule has 2 aromatic heterocycles. The number of nitrogens with zero attached hydrogens (tertiary/aromatic N) is 2. The predicted octanol–water partition coefficient (Wildman–Crippen LogP) is 2.42. The molecule has 0 aliphatic carbocycles. The van der Waals surface area contributed by atoms with Gasteiger partial charge in [-0.3, -0.25) is 0 Å². The lowest BCUT2D eigenvalue weighted by Crippen LogP contribution is -1.85. The molecule has 0 spiro atoms. The Bertz CT molecular complexity index is 696. The van der Waals surface area contributed by atoms with Crippen molar-refractivity contribution in [3.8, 4) is 11.3 Å². The third-order valence-electron chi connectivity index (χ3n) is 2.67. The second kappa shape index (κ2) is 3.35. The van der Waals surface area contributed by atoms with Crippen LogP contribution < -0.4 is 5.73 Å². The lowest BCUT2D eigenvalue weighted by Gasteiger charge is -1.97. The Balaban J connectivity index is 2.20. The van der Waals surface area contributed by atoms with Gasteiger partial charge in [0.1, 0.15) is 5.52 Å². The average molecular weight is 228 g/mol. The molecule has 0 saturated carbocycles. The molecule has 0 fully saturated rings. The summed E-state index contributed by atoms with van der Waals surface area (Å²) < 4.78 is 5.43. The first-order valence-electron chi connectivity index (χ1n) is 5.33. The lowest BCUT2D eigenvalue weighted by molar-refractivity contribution is 0.561. The number of imidazole rings is 1. The monoisotopic (exact) mass is 228 g/mol. The van der Waals surface area contributed by atoms with E-state index in [9.17, 15) is 0 Å². The summed E-state index contributed by atoms with van der Waals surface area (Å²) in [5.74, 6) is 1.09. The first-order chi connectivity index (χ1) is 8.13. The van der Waals surface area contributed by atoms with E-state index in [0.717, 1.165) is 28.1 Å². The molecule has 1 aromatic carbocycles. The van der Waals surface area contributed by atoms with Gasteiger partial charge in [-0.2, -0.15) is 0 Å². The Labute approximate surface area is 97.7 Å². The summed E-state index contributed by atoms with van der Waals surface area (Å²) in [5, 5.41) is 0. The molecule has 0 amide bonds. The van der Waals surface area contributed by atoms with Crippen LogP contribution in [0, 0.1) is 13.8 Å².